The summed E-state index contributed by atoms with van der Waals surface area (Å²) in [6.45, 7) is 0. The maximum absolute atomic E-state index is 3.52. The van der Waals surface area contributed by atoms with E-state index in [1.807, 2.05) is 0 Å². The molecule has 0 bridgehead atoms. The van der Waals surface area contributed by atoms with Gasteiger partial charge in [-0.1, -0.05) is 266 Å². The van der Waals surface area contributed by atoms with E-state index in [2.05, 4.69) is 305 Å². The highest BCUT2D eigenvalue weighted by Crippen LogP contribution is 2.51. The van der Waals surface area contributed by atoms with Crippen LogP contribution in [0.1, 0.15) is 7.43 Å². The Labute approximate surface area is 472 Å². The molecule has 80 heavy (non-hydrogen) atoms. The van der Waals surface area contributed by atoms with Crippen LogP contribution in [0.2, 0.25) is 0 Å². The zero-order chi connectivity index (χ0) is 52.1. The van der Waals surface area contributed by atoms with Crippen molar-refractivity contribution >= 4 is 103 Å². The Morgan fingerprint density at radius 3 is 1.30 bits per heavy atom. The van der Waals surface area contributed by atoms with Crippen LogP contribution in [0.5, 0.6) is 0 Å². The minimum Gasteiger partial charge on any atom is -0.354 e. The molecule has 0 amide bonds. The number of para-hydroxylation sites is 2. The topological polar surface area (TPSA) is 20.7 Å². The molecule has 0 saturated carbocycles. The van der Waals surface area contributed by atoms with Crippen molar-refractivity contribution in [1.29, 1.82) is 0 Å². The van der Waals surface area contributed by atoms with Crippen molar-refractivity contribution in [3.63, 3.8) is 0 Å². The van der Waals surface area contributed by atoms with E-state index in [0.717, 1.165) is 4.47 Å². The quantitative estimate of drug-likeness (QED) is 0.182. The molecule has 2 aliphatic carbocycles. The molecule has 2 aromatic heterocycles. The van der Waals surface area contributed by atoms with Crippen LogP contribution in [0.25, 0.3) is 159 Å². The van der Waals surface area contributed by atoms with E-state index < -0.39 is 0 Å². The lowest BCUT2D eigenvalue weighted by molar-refractivity contribution is 1.19. The third-order valence-corrected chi connectivity index (χ3v) is 17.2. The molecule has 0 atom stereocenters. The second-order valence-corrected chi connectivity index (χ2v) is 21.8. The molecule has 0 spiro atoms. The molecule has 0 saturated heterocycles. The molecule has 14 aromatic carbocycles. The van der Waals surface area contributed by atoms with Crippen molar-refractivity contribution in [2.45, 2.75) is 7.43 Å². The monoisotopic (exact) mass is 1080 g/mol. The summed E-state index contributed by atoms with van der Waals surface area (Å²) < 4.78 is 3.54. The SMILES string of the molecule is Brc1ccc(-c2ccc3c4c(cccc24)-c2ccccc2-3)cc1.C.c1ccc2c(c1)-c1cccc3c(-c4ccc(-n5c6ccccc6c6ccc7ccccc7c65)cc4)ccc-2c13.c1ccc2c(c1)ccc1c3ccccc3[nH]c21. The maximum Gasteiger partial charge on any atom is 0.0619 e. The molecule has 376 valence electrons. The summed E-state index contributed by atoms with van der Waals surface area (Å²) in [5.74, 6) is 0. The number of H-pyrrole nitrogens is 1. The van der Waals surface area contributed by atoms with Crippen LogP contribution in [-0.4, -0.2) is 9.55 Å². The van der Waals surface area contributed by atoms with E-state index in [-0.39, 0.29) is 7.43 Å². The van der Waals surface area contributed by atoms with E-state index in [9.17, 15) is 0 Å². The first kappa shape index (κ1) is 47.4. The minimum atomic E-state index is 0. The van der Waals surface area contributed by atoms with Gasteiger partial charge in [-0.15, -0.1) is 0 Å². The average Bonchev–Trinajstić information content (AvgIpc) is 4.35. The van der Waals surface area contributed by atoms with E-state index in [1.165, 1.54) is 159 Å². The third kappa shape index (κ3) is 7.39. The summed E-state index contributed by atoms with van der Waals surface area (Å²) in [6.07, 6.45) is 0. The van der Waals surface area contributed by atoms with Crippen molar-refractivity contribution < 1.29 is 0 Å². The molecule has 2 heterocycles. The Morgan fingerprint density at radius 2 is 0.700 bits per heavy atom. The van der Waals surface area contributed by atoms with Gasteiger partial charge in [0.1, 0.15) is 0 Å². The molecule has 0 radical (unpaired) electrons. The Bertz CT molecular complexity index is 5080. The van der Waals surface area contributed by atoms with Gasteiger partial charge >= 0.3 is 0 Å². The second-order valence-electron chi connectivity index (χ2n) is 20.8. The van der Waals surface area contributed by atoms with Crippen molar-refractivity contribution in [1.82, 2.24) is 9.55 Å². The molecule has 2 nitrogen and oxygen atoms in total. The fourth-order valence-corrected chi connectivity index (χ4v) is 13.4. The van der Waals surface area contributed by atoms with E-state index in [0.29, 0.717) is 0 Å². The predicted octanol–water partition coefficient (Wildman–Crippen LogP) is 22.4. The van der Waals surface area contributed by atoms with Crippen molar-refractivity contribution in [3.8, 4) is 72.4 Å². The van der Waals surface area contributed by atoms with Crippen molar-refractivity contribution in [2.24, 2.45) is 0 Å². The van der Waals surface area contributed by atoms with Gasteiger partial charge in [0.2, 0.25) is 0 Å². The number of hydrogen-bond donors (Lipinski definition) is 1. The number of benzene rings is 14. The van der Waals surface area contributed by atoms with E-state index in [4.69, 9.17) is 0 Å². The summed E-state index contributed by atoms with van der Waals surface area (Å²) in [6, 6.07) is 101. The van der Waals surface area contributed by atoms with Crippen LogP contribution in [0.3, 0.4) is 0 Å². The number of nitrogens with zero attached hydrogens (tertiary/aromatic N) is 1. The van der Waals surface area contributed by atoms with Crippen LogP contribution in [0.4, 0.5) is 0 Å². The highest BCUT2D eigenvalue weighted by molar-refractivity contribution is 9.10. The van der Waals surface area contributed by atoms with Gasteiger partial charge in [-0.3, -0.25) is 0 Å². The van der Waals surface area contributed by atoms with Gasteiger partial charge in [0.25, 0.3) is 0 Å². The molecular weight excluding hydrogens is 1030 g/mol. The lowest BCUT2D eigenvalue weighted by Crippen LogP contribution is -1.94. The van der Waals surface area contributed by atoms with Crippen molar-refractivity contribution in [3.05, 3.63) is 284 Å². The third-order valence-electron chi connectivity index (χ3n) is 16.7. The second kappa shape index (κ2) is 19.0. The molecule has 3 heteroatoms. The highest BCUT2D eigenvalue weighted by Gasteiger charge is 2.24. The fourth-order valence-electron chi connectivity index (χ4n) is 13.1. The molecule has 1 N–H and O–H groups in total. The Morgan fingerprint density at radius 1 is 0.275 bits per heavy atom. The fraction of sp³-hybridized carbons (Fsp3) is 0.0130. The summed E-state index contributed by atoms with van der Waals surface area (Å²) in [5.41, 5.74) is 22.0. The Balaban J connectivity index is 0.000000114. The largest absolute Gasteiger partial charge is 0.354 e. The zero-order valence-corrected chi connectivity index (χ0v) is 44.5. The number of aromatic amines is 1. The highest BCUT2D eigenvalue weighted by atomic mass is 79.9. The Kier molecular flexibility index (Phi) is 11.3. The number of fused-ring (bicyclic) bond motifs is 16. The molecule has 16 aromatic rings. The summed E-state index contributed by atoms with van der Waals surface area (Å²) >= 11 is 3.52. The van der Waals surface area contributed by atoms with Crippen LogP contribution < -0.4 is 0 Å². The smallest absolute Gasteiger partial charge is 0.0619 e. The first-order valence-corrected chi connectivity index (χ1v) is 27.9. The summed E-state index contributed by atoms with van der Waals surface area (Å²) in [4.78, 5) is 3.52. The van der Waals surface area contributed by atoms with Crippen LogP contribution >= 0.6 is 15.9 Å². The first-order valence-electron chi connectivity index (χ1n) is 27.1. The maximum atomic E-state index is 3.52. The van der Waals surface area contributed by atoms with Crippen LogP contribution in [0.15, 0.2) is 284 Å². The first-order chi connectivity index (χ1) is 39.1. The minimum absolute atomic E-state index is 0. The van der Waals surface area contributed by atoms with Gasteiger partial charge in [0.15, 0.2) is 0 Å². The van der Waals surface area contributed by atoms with Gasteiger partial charge < -0.3 is 9.55 Å². The number of hydrogen-bond acceptors (Lipinski definition) is 0. The summed E-state index contributed by atoms with van der Waals surface area (Å²) in [5, 5.41) is 15.7. The van der Waals surface area contributed by atoms with Gasteiger partial charge in [-0.05, 0) is 135 Å². The van der Waals surface area contributed by atoms with Crippen molar-refractivity contribution in [2.75, 3.05) is 0 Å². The van der Waals surface area contributed by atoms with Crippen LogP contribution in [0, 0.1) is 0 Å². The van der Waals surface area contributed by atoms with Gasteiger partial charge in [0.05, 0.1) is 16.6 Å². The van der Waals surface area contributed by atoms with Gasteiger partial charge in [-0.25, -0.2) is 0 Å². The Hall–Kier alpha value is -9.80. The predicted molar refractivity (Wildman–Crippen MR) is 347 cm³/mol. The molecule has 0 aliphatic heterocycles. The standard InChI is InChI=1S/C38H23N.C22H13Br.C16H11N.CH4/c1-2-9-28-24(8-1)18-21-35-31-12-5-6-15-36(31)39(38(28)35)26-19-16-25(17-20-26)27-22-23-34-30-11-4-3-10-29(30)33-14-7-13-32(27)37(33)34;23-15-10-8-14(9-11-15)16-12-13-21-18-5-2-1-4-17(18)20-7-3-6-19(16)22(20)21;1-2-6-12-11(5-1)9-10-14-13-7-3-4-8-15(13)17-16(12)14;/h1-23H;1-13H;1-10,17H;1H4. The molecular formula is C77H51BrN2. The number of nitrogens with one attached hydrogen (secondary N) is 1. The van der Waals surface area contributed by atoms with E-state index >= 15 is 0 Å². The molecule has 0 fully saturated rings. The normalized spacial score (nSPS) is 11.7. The number of halogens is 1. The van der Waals surface area contributed by atoms with Gasteiger partial charge in [-0.2, -0.15) is 0 Å². The zero-order valence-electron chi connectivity index (χ0n) is 42.9. The number of rotatable bonds is 3. The summed E-state index contributed by atoms with van der Waals surface area (Å²) in [7, 11) is 0. The lowest BCUT2D eigenvalue weighted by Gasteiger charge is -2.13. The molecule has 0 unspecified atom stereocenters. The van der Waals surface area contributed by atoms with E-state index in [1.54, 1.807) is 0 Å². The molecule has 2 aliphatic rings. The van der Waals surface area contributed by atoms with Crippen LogP contribution in [-0.2, 0) is 0 Å². The lowest BCUT2D eigenvalue weighted by atomic mass is 9.94. The number of aromatic nitrogens is 2. The average molecular weight is 1080 g/mol. The molecule has 18 rings (SSSR count). The van der Waals surface area contributed by atoms with Gasteiger partial charge in [0, 0.05) is 48.0 Å².